The lowest BCUT2D eigenvalue weighted by Crippen LogP contribution is -2.38. The van der Waals surface area contributed by atoms with Gasteiger partial charge < -0.3 is 5.32 Å². The highest BCUT2D eigenvalue weighted by Gasteiger charge is 2.19. The molecule has 112 valence electrons. The van der Waals surface area contributed by atoms with E-state index >= 15 is 0 Å². The summed E-state index contributed by atoms with van der Waals surface area (Å²) in [7, 11) is -3.86. The fourth-order valence-corrected chi connectivity index (χ4v) is 2.58. The molecule has 0 aromatic heterocycles. The van der Waals surface area contributed by atoms with Crippen LogP contribution in [0.3, 0.4) is 0 Å². The molecule has 3 N–H and O–H groups in total. The molecule has 5 nitrogen and oxygen atoms in total. The SMILES string of the molecule is CCC(NC(=O)c1cc(S(N)(=O)=O)ccc1Cl)C(C)C. The molecule has 0 spiro atoms. The number of sulfonamides is 1. The molecule has 1 unspecified atom stereocenters. The van der Waals surface area contributed by atoms with Crippen molar-refractivity contribution in [3.63, 3.8) is 0 Å². The van der Waals surface area contributed by atoms with Gasteiger partial charge in [-0.2, -0.15) is 0 Å². The fourth-order valence-electron chi connectivity index (χ4n) is 1.84. The third kappa shape index (κ3) is 4.19. The number of amides is 1. The van der Waals surface area contributed by atoms with Crippen molar-refractivity contribution in [1.29, 1.82) is 0 Å². The van der Waals surface area contributed by atoms with Gasteiger partial charge in [-0.25, -0.2) is 13.6 Å². The van der Waals surface area contributed by atoms with E-state index in [1.54, 1.807) is 0 Å². The number of rotatable bonds is 5. The smallest absolute Gasteiger partial charge is 0.253 e. The van der Waals surface area contributed by atoms with Crippen LogP contribution in [0.1, 0.15) is 37.6 Å². The Morgan fingerprint density at radius 1 is 1.40 bits per heavy atom. The Morgan fingerprint density at radius 3 is 2.45 bits per heavy atom. The number of nitrogens with one attached hydrogen (secondary N) is 1. The summed E-state index contributed by atoms with van der Waals surface area (Å²) in [6, 6.07) is 3.82. The summed E-state index contributed by atoms with van der Waals surface area (Å²) in [5.74, 6) is -0.134. The molecule has 7 heteroatoms. The van der Waals surface area contributed by atoms with Crippen LogP contribution in [0, 0.1) is 5.92 Å². The van der Waals surface area contributed by atoms with E-state index in [2.05, 4.69) is 5.32 Å². The van der Waals surface area contributed by atoms with Crippen LogP contribution in [0.15, 0.2) is 23.1 Å². The van der Waals surface area contributed by atoms with Gasteiger partial charge in [0.05, 0.1) is 15.5 Å². The zero-order valence-corrected chi connectivity index (χ0v) is 13.3. The van der Waals surface area contributed by atoms with Crippen molar-refractivity contribution >= 4 is 27.5 Å². The maximum Gasteiger partial charge on any atom is 0.253 e. The number of halogens is 1. The number of hydrogen-bond donors (Lipinski definition) is 2. The van der Waals surface area contributed by atoms with Crippen molar-refractivity contribution in [2.75, 3.05) is 0 Å². The van der Waals surface area contributed by atoms with Crippen LogP contribution in [0.5, 0.6) is 0 Å². The van der Waals surface area contributed by atoms with E-state index in [9.17, 15) is 13.2 Å². The van der Waals surface area contributed by atoms with E-state index in [1.807, 2.05) is 20.8 Å². The van der Waals surface area contributed by atoms with Crippen LogP contribution in [-0.2, 0) is 10.0 Å². The molecule has 0 aliphatic rings. The van der Waals surface area contributed by atoms with Gasteiger partial charge in [-0.3, -0.25) is 4.79 Å². The molecule has 1 aromatic rings. The third-order valence-electron chi connectivity index (χ3n) is 3.07. The first-order valence-corrected chi connectivity index (χ1v) is 8.22. The number of nitrogens with two attached hydrogens (primary N) is 1. The lowest BCUT2D eigenvalue weighted by Gasteiger charge is -2.21. The minimum atomic E-state index is -3.86. The average molecular weight is 319 g/mol. The molecule has 0 saturated heterocycles. The van der Waals surface area contributed by atoms with Gasteiger partial charge in [0.25, 0.3) is 5.91 Å². The van der Waals surface area contributed by atoms with Gasteiger partial charge in [-0.1, -0.05) is 32.4 Å². The van der Waals surface area contributed by atoms with E-state index in [0.29, 0.717) is 0 Å². The highest BCUT2D eigenvalue weighted by Crippen LogP contribution is 2.20. The van der Waals surface area contributed by atoms with E-state index in [0.717, 1.165) is 6.42 Å². The topological polar surface area (TPSA) is 89.3 Å². The van der Waals surface area contributed by atoms with Gasteiger partial charge in [0, 0.05) is 6.04 Å². The summed E-state index contributed by atoms with van der Waals surface area (Å²) in [5.41, 5.74) is 0.109. The molecule has 0 aliphatic carbocycles. The maximum absolute atomic E-state index is 12.2. The van der Waals surface area contributed by atoms with Crippen molar-refractivity contribution < 1.29 is 13.2 Å². The first-order chi connectivity index (χ1) is 9.16. The maximum atomic E-state index is 12.2. The normalized spacial score (nSPS) is 13.3. The highest BCUT2D eigenvalue weighted by atomic mass is 35.5. The molecule has 0 radical (unpaired) electrons. The van der Waals surface area contributed by atoms with E-state index < -0.39 is 15.9 Å². The average Bonchev–Trinajstić information content (AvgIpc) is 2.34. The van der Waals surface area contributed by atoms with Gasteiger partial charge in [-0.15, -0.1) is 0 Å². The van der Waals surface area contributed by atoms with Crippen molar-refractivity contribution in [3.05, 3.63) is 28.8 Å². The predicted molar refractivity (Wildman–Crippen MR) is 79.2 cm³/mol. The van der Waals surface area contributed by atoms with Crippen LogP contribution in [0.4, 0.5) is 0 Å². The summed E-state index contributed by atoms with van der Waals surface area (Å²) >= 11 is 5.95. The van der Waals surface area contributed by atoms with E-state index in [-0.39, 0.29) is 27.4 Å². The Bertz CT molecular complexity index is 600. The molecule has 20 heavy (non-hydrogen) atoms. The fraction of sp³-hybridized carbons (Fsp3) is 0.462. The Balaban J connectivity index is 3.10. The number of carbonyl (C=O) groups excluding carboxylic acids is 1. The monoisotopic (exact) mass is 318 g/mol. The van der Waals surface area contributed by atoms with Crippen molar-refractivity contribution in [1.82, 2.24) is 5.32 Å². The highest BCUT2D eigenvalue weighted by molar-refractivity contribution is 7.89. The third-order valence-corrected chi connectivity index (χ3v) is 4.31. The first kappa shape index (κ1) is 16.9. The summed E-state index contributed by atoms with van der Waals surface area (Å²) < 4.78 is 22.6. The molecule has 1 rings (SSSR count). The molecular formula is C13H19ClN2O3S. The summed E-state index contributed by atoms with van der Waals surface area (Å²) in [6.45, 7) is 5.96. The van der Waals surface area contributed by atoms with Crippen LogP contribution in [-0.4, -0.2) is 20.4 Å². The van der Waals surface area contributed by atoms with E-state index in [1.165, 1.54) is 18.2 Å². The van der Waals surface area contributed by atoms with Crippen molar-refractivity contribution in [3.8, 4) is 0 Å². The molecule has 1 atom stereocenters. The van der Waals surface area contributed by atoms with Crippen LogP contribution >= 0.6 is 11.6 Å². The number of benzene rings is 1. The Labute approximate surface area is 124 Å². The van der Waals surface area contributed by atoms with Crippen molar-refractivity contribution in [2.24, 2.45) is 11.1 Å². The van der Waals surface area contributed by atoms with Crippen LogP contribution in [0.2, 0.25) is 5.02 Å². The molecule has 0 aliphatic heterocycles. The lowest BCUT2D eigenvalue weighted by molar-refractivity contribution is 0.0924. The van der Waals surface area contributed by atoms with Gasteiger partial charge >= 0.3 is 0 Å². The molecule has 0 bridgehead atoms. The second kappa shape index (κ2) is 6.56. The molecule has 0 saturated carbocycles. The van der Waals surface area contributed by atoms with Gasteiger partial charge in [0.15, 0.2) is 0 Å². The molecule has 0 heterocycles. The zero-order chi connectivity index (χ0) is 15.5. The predicted octanol–water partition coefficient (Wildman–Crippen LogP) is 2.15. The quantitative estimate of drug-likeness (QED) is 0.871. The number of carbonyl (C=O) groups is 1. The first-order valence-electron chi connectivity index (χ1n) is 6.30. The summed E-state index contributed by atoms with van der Waals surface area (Å²) in [5, 5.41) is 8.08. The Morgan fingerprint density at radius 2 is 2.00 bits per heavy atom. The van der Waals surface area contributed by atoms with Gasteiger partial charge in [-0.05, 0) is 30.5 Å². The minimum absolute atomic E-state index is 0.00305. The second-order valence-corrected chi connectivity index (χ2v) is 6.89. The second-order valence-electron chi connectivity index (χ2n) is 4.92. The number of hydrogen-bond acceptors (Lipinski definition) is 3. The van der Waals surface area contributed by atoms with E-state index in [4.69, 9.17) is 16.7 Å². The molecule has 1 amide bonds. The molecular weight excluding hydrogens is 300 g/mol. The standard InChI is InChI=1S/C13H19ClN2O3S/c1-4-12(8(2)3)16-13(17)10-7-9(20(15,18)19)5-6-11(10)14/h5-8,12H,4H2,1-3H3,(H,16,17)(H2,15,18,19). The lowest BCUT2D eigenvalue weighted by atomic mass is 10.0. The van der Waals surface area contributed by atoms with Gasteiger partial charge in [0.1, 0.15) is 0 Å². The minimum Gasteiger partial charge on any atom is -0.349 e. The van der Waals surface area contributed by atoms with Crippen LogP contribution in [0.25, 0.3) is 0 Å². The Hall–Kier alpha value is -1.11. The van der Waals surface area contributed by atoms with Crippen LogP contribution < -0.4 is 10.5 Å². The van der Waals surface area contributed by atoms with Crippen molar-refractivity contribution in [2.45, 2.75) is 38.1 Å². The van der Waals surface area contributed by atoms with Gasteiger partial charge in [0.2, 0.25) is 10.0 Å². The summed E-state index contributed by atoms with van der Waals surface area (Å²) in [6.07, 6.45) is 0.774. The summed E-state index contributed by atoms with van der Waals surface area (Å²) in [4.78, 5) is 12.1. The number of primary sulfonamides is 1. The molecule has 1 aromatic carbocycles. The Kier molecular flexibility index (Phi) is 5.56. The zero-order valence-electron chi connectivity index (χ0n) is 11.7. The molecule has 0 fully saturated rings. The largest absolute Gasteiger partial charge is 0.349 e.